The lowest BCUT2D eigenvalue weighted by Gasteiger charge is -2.15. The van der Waals surface area contributed by atoms with Crippen molar-refractivity contribution >= 4 is 11.8 Å². The Hall–Kier alpha value is -2.28. The van der Waals surface area contributed by atoms with Crippen LogP contribution in [0.15, 0.2) is 24.9 Å². The van der Waals surface area contributed by atoms with E-state index in [9.17, 15) is 0 Å². The number of rotatable bonds is 9. The molecule has 0 radical (unpaired) electrons. The zero-order valence-electron chi connectivity index (χ0n) is 14.1. The van der Waals surface area contributed by atoms with Crippen molar-refractivity contribution in [3.8, 4) is 11.1 Å². The molecule has 23 heavy (non-hydrogen) atoms. The van der Waals surface area contributed by atoms with Crippen LogP contribution in [0.4, 0.5) is 11.8 Å². The number of aromatic nitrogens is 4. The predicted molar refractivity (Wildman–Crippen MR) is 93.5 cm³/mol. The lowest BCUT2D eigenvalue weighted by molar-refractivity contribution is 0.351. The van der Waals surface area contributed by atoms with Crippen molar-refractivity contribution in [2.24, 2.45) is 0 Å². The van der Waals surface area contributed by atoms with E-state index in [2.05, 4.69) is 49.4 Å². The summed E-state index contributed by atoms with van der Waals surface area (Å²) in [4.78, 5) is 19.4. The summed E-state index contributed by atoms with van der Waals surface area (Å²) in [7, 11) is 2.13. The molecule has 0 unspecified atom stereocenters. The highest BCUT2D eigenvalue weighted by Crippen LogP contribution is 2.25. The summed E-state index contributed by atoms with van der Waals surface area (Å²) < 4.78 is 0. The van der Waals surface area contributed by atoms with Crippen molar-refractivity contribution in [2.45, 2.75) is 20.3 Å². The van der Waals surface area contributed by atoms with E-state index in [0.717, 1.165) is 49.5 Å². The molecule has 0 atom stereocenters. The van der Waals surface area contributed by atoms with Crippen LogP contribution in [-0.2, 0) is 0 Å². The standard InChI is InChI=1S/C16H25N7/c1-4-19-16-21-11-14(13-9-17-12-18-10-13)15(22-16)20-7-6-8-23(3)5-2/h9-12H,4-8H2,1-3H3,(H2,19,20,21,22). The van der Waals surface area contributed by atoms with Crippen molar-refractivity contribution in [3.05, 3.63) is 24.9 Å². The molecule has 2 N–H and O–H groups in total. The van der Waals surface area contributed by atoms with Crippen molar-refractivity contribution in [1.82, 2.24) is 24.8 Å². The highest BCUT2D eigenvalue weighted by Gasteiger charge is 2.09. The van der Waals surface area contributed by atoms with Gasteiger partial charge >= 0.3 is 0 Å². The lowest BCUT2D eigenvalue weighted by atomic mass is 10.1. The van der Waals surface area contributed by atoms with Crippen LogP contribution < -0.4 is 10.6 Å². The third-order valence-corrected chi connectivity index (χ3v) is 3.54. The molecule has 0 bridgehead atoms. The molecular weight excluding hydrogens is 290 g/mol. The number of hydrogen-bond acceptors (Lipinski definition) is 7. The third kappa shape index (κ3) is 5.14. The Morgan fingerprint density at radius 3 is 2.57 bits per heavy atom. The summed E-state index contributed by atoms with van der Waals surface area (Å²) in [5.74, 6) is 1.44. The maximum Gasteiger partial charge on any atom is 0.224 e. The van der Waals surface area contributed by atoms with Gasteiger partial charge in [0.05, 0.1) is 0 Å². The number of nitrogens with zero attached hydrogens (tertiary/aromatic N) is 5. The van der Waals surface area contributed by atoms with Crippen LogP contribution in [0.5, 0.6) is 0 Å². The van der Waals surface area contributed by atoms with Gasteiger partial charge in [-0.25, -0.2) is 15.0 Å². The van der Waals surface area contributed by atoms with Crippen molar-refractivity contribution in [1.29, 1.82) is 0 Å². The first-order valence-corrected chi connectivity index (χ1v) is 8.03. The summed E-state index contributed by atoms with van der Waals surface area (Å²) in [5, 5.41) is 6.56. The fourth-order valence-electron chi connectivity index (χ4n) is 2.12. The van der Waals surface area contributed by atoms with E-state index >= 15 is 0 Å². The molecule has 0 aliphatic heterocycles. The monoisotopic (exact) mass is 315 g/mol. The summed E-state index contributed by atoms with van der Waals surface area (Å²) in [5.41, 5.74) is 1.82. The van der Waals surface area contributed by atoms with Gasteiger partial charge in [0.1, 0.15) is 12.1 Å². The average Bonchev–Trinajstić information content (AvgIpc) is 2.59. The van der Waals surface area contributed by atoms with Gasteiger partial charge < -0.3 is 15.5 Å². The lowest BCUT2D eigenvalue weighted by Crippen LogP contribution is -2.21. The van der Waals surface area contributed by atoms with Gasteiger partial charge in [0, 0.05) is 42.8 Å². The van der Waals surface area contributed by atoms with Crippen LogP contribution >= 0.6 is 0 Å². The molecule has 2 heterocycles. The van der Waals surface area contributed by atoms with E-state index in [1.54, 1.807) is 12.4 Å². The molecule has 0 aliphatic carbocycles. The van der Waals surface area contributed by atoms with Gasteiger partial charge in [-0.05, 0) is 33.5 Å². The van der Waals surface area contributed by atoms with E-state index < -0.39 is 0 Å². The molecule has 0 amide bonds. The summed E-state index contributed by atoms with van der Waals surface area (Å²) in [6.45, 7) is 7.94. The Labute approximate surface area is 137 Å². The molecule has 124 valence electrons. The number of hydrogen-bond donors (Lipinski definition) is 2. The number of nitrogens with one attached hydrogen (secondary N) is 2. The molecule has 7 nitrogen and oxygen atoms in total. The smallest absolute Gasteiger partial charge is 0.224 e. The van der Waals surface area contributed by atoms with Crippen LogP contribution in [0.1, 0.15) is 20.3 Å². The highest BCUT2D eigenvalue weighted by molar-refractivity contribution is 5.74. The Morgan fingerprint density at radius 1 is 1.09 bits per heavy atom. The Morgan fingerprint density at radius 2 is 1.87 bits per heavy atom. The molecule has 0 aliphatic rings. The van der Waals surface area contributed by atoms with Crippen LogP contribution in [0.2, 0.25) is 0 Å². The van der Waals surface area contributed by atoms with Gasteiger partial charge in [-0.2, -0.15) is 4.98 Å². The summed E-state index contributed by atoms with van der Waals surface area (Å²) in [6.07, 6.45) is 7.92. The zero-order valence-corrected chi connectivity index (χ0v) is 14.1. The molecule has 0 aromatic carbocycles. The molecule has 2 aromatic rings. The fraction of sp³-hybridized carbons (Fsp3) is 0.500. The van der Waals surface area contributed by atoms with Gasteiger partial charge in [0.2, 0.25) is 5.95 Å². The van der Waals surface area contributed by atoms with Gasteiger partial charge in [0.15, 0.2) is 0 Å². The first-order chi connectivity index (χ1) is 11.2. The zero-order chi connectivity index (χ0) is 16.5. The maximum atomic E-state index is 4.57. The molecule has 0 spiro atoms. The van der Waals surface area contributed by atoms with Gasteiger partial charge in [-0.15, -0.1) is 0 Å². The van der Waals surface area contributed by atoms with Crippen molar-refractivity contribution < 1.29 is 0 Å². The van der Waals surface area contributed by atoms with E-state index in [1.165, 1.54) is 6.33 Å². The van der Waals surface area contributed by atoms with Gasteiger partial charge in [-0.3, -0.25) is 0 Å². The minimum Gasteiger partial charge on any atom is -0.369 e. The van der Waals surface area contributed by atoms with Crippen LogP contribution in [0.3, 0.4) is 0 Å². The first-order valence-electron chi connectivity index (χ1n) is 8.03. The second-order valence-corrected chi connectivity index (χ2v) is 5.29. The van der Waals surface area contributed by atoms with Gasteiger partial charge in [0.25, 0.3) is 0 Å². The predicted octanol–water partition coefficient (Wildman–Crippen LogP) is 2.12. The molecule has 0 saturated carbocycles. The first kappa shape index (κ1) is 17.1. The molecule has 2 rings (SSSR count). The summed E-state index contributed by atoms with van der Waals surface area (Å²) in [6, 6.07) is 0. The molecule has 0 saturated heterocycles. The summed E-state index contributed by atoms with van der Waals surface area (Å²) >= 11 is 0. The fourth-order valence-corrected chi connectivity index (χ4v) is 2.12. The van der Waals surface area contributed by atoms with Crippen LogP contribution in [-0.4, -0.2) is 58.1 Å². The van der Waals surface area contributed by atoms with Crippen molar-refractivity contribution in [2.75, 3.05) is 43.9 Å². The topological polar surface area (TPSA) is 78.9 Å². The maximum absolute atomic E-state index is 4.57. The second-order valence-electron chi connectivity index (χ2n) is 5.29. The Balaban J connectivity index is 2.12. The minimum absolute atomic E-state index is 0.626. The molecule has 7 heteroatoms. The van der Waals surface area contributed by atoms with E-state index in [4.69, 9.17) is 0 Å². The van der Waals surface area contributed by atoms with E-state index in [-0.39, 0.29) is 0 Å². The highest BCUT2D eigenvalue weighted by atomic mass is 15.1. The van der Waals surface area contributed by atoms with Crippen molar-refractivity contribution in [3.63, 3.8) is 0 Å². The second kappa shape index (κ2) is 8.99. The quantitative estimate of drug-likeness (QED) is 0.686. The normalized spacial score (nSPS) is 10.8. The van der Waals surface area contributed by atoms with Gasteiger partial charge in [-0.1, -0.05) is 6.92 Å². The van der Waals surface area contributed by atoms with E-state index in [1.807, 2.05) is 13.1 Å². The molecule has 2 aromatic heterocycles. The minimum atomic E-state index is 0.626. The van der Waals surface area contributed by atoms with Crippen LogP contribution in [0.25, 0.3) is 11.1 Å². The molecule has 0 fully saturated rings. The number of anilines is 2. The Bertz CT molecular complexity index is 588. The third-order valence-electron chi connectivity index (χ3n) is 3.54. The van der Waals surface area contributed by atoms with Crippen LogP contribution in [0, 0.1) is 0 Å². The van der Waals surface area contributed by atoms with E-state index in [0.29, 0.717) is 5.95 Å². The average molecular weight is 315 g/mol. The Kier molecular flexibility index (Phi) is 6.68. The largest absolute Gasteiger partial charge is 0.369 e. The SMILES string of the molecule is CCNc1ncc(-c2cncnc2)c(NCCCN(C)CC)n1. The molecular formula is C16H25N7.